The highest BCUT2D eigenvalue weighted by Gasteiger charge is 2.25. The normalized spacial score (nSPS) is 14.4. The molecule has 0 saturated heterocycles. The van der Waals surface area contributed by atoms with Crippen LogP contribution in [0.25, 0.3) is 0 Å². The van der Waals surface area contributed by atoms with E-state index in [1.165, 1.54) is 23.5 Å². The van der Waals surface area contributed by atoms with E-state index in [0.717, 1.165) is 8.66 Å². The van der Waals surface area contributed by atoms with Gasteiger partial charge in [-0.25, -0.2) is 4.39 Å². The van der Waals surface area contributed by atoms with Crippen LogP contribution in [0.3, 0.4) is 0 Å². The first kappa shape index (κ1) is 14.9. The summed E-state index contributed by atoms with van der Waals surface area (Å²) in [5, 5.41) is 10.7. The molecule has 2 nitrogen and oxygen atoms in total. The van der Waals surface area contributed by atoms with E-state index in [1.807, 2.05) is 12.1 Å². The summed E-state index contributed by atoms with van der Waals surface area (Å²) >= 11 is 10.8. The van der Waals surface area contributed by atoms with Gasteiger partial charge in [-0.2, -0.15) is 0 Å². The van der Waals surface area contributed by atoms with E-state index in [1.54, 1.807) is 6.07 Å². The summed E-state index contributed by atoms with van der Waals surface area (Å²) in [6.45, 7) is 0.224. The van der Waals surface area contributed by atoms with E-state index in [-0.39, 0.29) is 17.5 Å². The zero-order chi connectivity index (χ0) is 14.0. The van der Waals surface area contributed by atoms with Crippen molar-refractivity contribution in [3.05, 3.63) is 55.4 Å². The number of rotatable bonds is 4. The lowest BCUT2D eigenvalue weighted by Crippen LogP contribution is -2.20. The quantitative estimate of drug-likeness (QED) is 0.858. The fraction of sp³-hybridized carbons (Fsp3) is 0.231. The second-order valence-corrected chi connectivity index (χ2v) is 7.00. The molecule has 0 aliphatic carbocycles. The molecule has 0 radical (unpaired) electrons. The lowest BCUT2D eigenvalue weighted by molar-refractivity contribution is 0.151. The van der Waals surface area contributed by atoms with Crippen LogP contribution in [0.4, 0.5) is 4.39 Å². The van der Waals surface area contributed by atoms with E-state index in [4.69, 9.17) is 17.3 Å². The maximum absolute atomic E-state index is 13.1. The zero-order valence-corrected chi connectivity index (χ0v) is 13.0. The minimum absolute atomic E-state index is 0.224. The van der Waals surface area contributed by atoms with Crippen molar-refractivity contribution in [2.45, 2.75) is 12.0 Å². The SMILES string of the molecule is NCC(c1ccc(F)cc1Cl)C(O)c1ccc(Br)s1. The van der Waals surface area contributed by atoms with Gasteiger partial charge in [0, 0.05) is 22.4 Å². The molecular weight excluding hydrogens is 353 g/mol. The van der Waals surface area contributed by atoms with Crippen molar-refractivity contribution in [1.29, 1.82) is 0 Å². The van der Waals surface area contributed by atoms with Crippen LogP contribution in [0.5, 0.6) is 0 Å². The molecule has 1 aromatic heterocycles. The fourth-order valence-corrected chi connectivity index (χ4v) is 3.70. The Bertz CT molecular complexity index is 578. The van der Waals surface area contributed by atoms with Gasteiger partial charge in [0.1, 0.15) is 5.82 Å². The van der Waals surface area contributed by atoms with Gasteiger partial charge in [-0.3, -0.25) is 0 Å². The van der Waals surface area contributed by atoms with E-state index in [2.05, 4.69) is 15.9 Å². The molecule has 2 aromatic rings. The smallest absolute Gasteiger partial charge is 0.124 e. The number of halogens is 3. The Labute approximate surface area is 128 Å². The second-order valence-electron chi connectivity index (χ2n) is 4.09. The van der Waals surface area contributed by atoms with Gasteiger partial charge in [-0.1, -0.05) is 17.7 Å². The van der Waals surface area contributed by atoms with Crippen molar-refractivity contribution < 1.29 is 9.50 Å². The maximum atomic E-state index is 13.1. The summed E-state index contributed by atoms with van der Waals surface area (Å²) in [5.74, 6) is -0.767. The van der Waals surface area contributed by atoms with Crippen LogP contribution >= 0.6 is 38.9 Å². The highest BCUT2D eigenvalue weighted by molar-refractivity contribution is 9.11. The Hall–Kier alpha value is -0.460. The van der Waals surface area contributed by atoms with Crippen LogP contribution in [0, 0.1) is 5.82 Å². The summed E-state index contributed by atoms with van der Waals surface area (Å²) in [7, 11) is 0. The number of hydrogen-bond donors (Lipinski definition) is 2. The third kappa shape index (κ3) is 3.35. The number of aliphatic hydroxyl groups is 1. The number of nitrogens with two attached hydrogens (primary N) is 1. The molecule has 0 bridgehead atoms. The number of aliphatic hydroxyl groups excluding tert-OH is 1. The molecule has 19 heavy (non-hydrogen) atoms. The predicted octanol–water partition coefficient (Wildman–Crippen LogP) is 4.08. The molecule has 2 atom stereocenters. The number of benzene rings is 1. The molecule has 6 heteroatoms. The summed E-state index contributed by atoms with van der Waals surface area (Å²) in [5.41, 5.74) is 6.39. The van der Waals surface area contributed by atoms with Crippen LogP contribution in [-0.2, 0) is 0 Å². The minimum atomic E-state index is -0.760. The molecule has 3 N–H and O–H groups in total. The lowest BCUT2D eigenvalue weighted by atomic mass is 9.92. The predicted molar refractivity (Wildman–Crippen MR) is 80.2 cm³/mol. The van der Waals surface area contributed by atoms with E-state index < -0.39 is 11.9 Å². The molecule has 2 unspecified atom stereocenters. The highest BCUT2D eigenvalue weighted by atomic mass is 79.9. The molecule has 2 rings (SSSR count). The average Bonchev–Trinajstić information content (AvgIpc) is 2.79. The van der Waals surface area contributed by atoms with Crippen LogP contribution in [0.2, 0.25) is 5.02 Å². The van der Waals surface area contributed by atoms with Crippen LogP contribution in [-0.4, -0.2) is 11.7 Å². The molecule has 1 aromatic carbocycles. The molecule has 0 fully saturated rings. The standard InChI is InChI=1S/C13H12BrClFNOS/c14-12-4-3-11(19-12)13(18)9(6-17)8-2-1-7(16)5-10(8)15/h1-5,9,13,18H,6,17H2. The summed E-state index contributed by atoms with van der Waals surface area (Å²) in [4.78, 5) is 0.794. The molecule has 102 valence electrons. The van der Waals surface area contributed by atoms with Gasteiger partial charge in [0.05, 0.1) is 9.89 Å². The highest BCUT2D eigenvalue weighted by Crippen LogP contribution is 2.38. The van der Waals surface area contributed by atoms with Gasteiger partial charge in [0.15, 0.2) is 0 Å². The van der Waals surface area contributed by atoms with Crippen molar-refractivity contribution >= 4 is 38.9 Å². The van der Waals surface area contributed by atoms with Gasteiger partial charge < -0.3 is 10.8 Å². The van der Waals surface area contributed by atoms with Gasteiger partial charge in [-0.15, -0.1) is 11.3 Å². The van der Waals surface area contributed by atoms with Crippen molar-refractivity contribution in [3.8, 4) is 0 Å². The van der Waals surface area contributed by atoms with Crippen molar-refractivity contribution in [2.24, 2.45) is 5.73 Å². The lowest BCUT2D eigenvalue weighted by Gasteiger charge is -2.22. The second kappa shape index (κ2) is 6.33. The summed E-state index contributed by atoms with van der Waals surface area (Å²) in [6.07, 6.45) is -0.760. The summed E-state index contributed by atoms with van der Waals surface area (Å²) in [6, 6.07) is 7.82. The monoisotopic (exact) mass is 363 g/mol. The first-order valence-electron chi connectivity index (χ1n) is 5.61. The van der Waals surface area contributed by atoms with Crippen LogP contribution < -0.4 is 5.73 Å². The Morgan fingerprint density at radius 3 is 2.63 bits per heavy atom. The van der Waals surface area contributed by atoms with Gasteiger partial charge in [0.25, 0.3) is 0 Å². The Morgan fingerprint density at radius 1 is 1.37 bits per heavy atom. The maximum Gasteiger partial charge on any atom is 0.124 e. The number of hydrogen-bond acceptors (Lipinski definition) is 3. The Morgan fingerprint density at radius 2 is 2.11 bits per heavy atom. The van der Waals surface area contributed by atoms with Crippen molar-refractivity contribution in [2.75, 3.05) is 6.54 Å². The molecule has 0 saturated carbocycles. The number of thiophene rings is 1. The summed E-state index contributed by atoms with van der Waals surface area (Å²) < 4.78 is 14.0. The van der Waals surface area contributed by atoms with Gasteiger partial charge in [0.2, 0.25) is 0 Å². The van der Waals surface area contributed by atoms with E-state index in [0.29, 0.717) is 5.56 Å². The molecule has 0 aliphatic heterocycles. The first-order chi connectivity index (χ1) is 9.02. The van der Waals surface area contributed by atoms with Crippen LogP contribution in [0.1, 0.15) is 22.5 Å². The van der Waals surface area contributed by atoms with Gasteiger partial charge >= 0.3 is 0 Å². The topological polar surface area (TPSA) is 46.2 Å². The molecule has 1 heterocycles. The molecule has 0 aliphatic rings. The fourth-order valence-electron chi connectivity index (χ4n) is 1.91. The molecule has 0 amide bonds. The average molecular weight is 365 g/mol. The van der Waals surface area contributed by atoms with E-state index in [9.17, 15) is 9.50 Å². The Balaban J connectivity index is 2.33. The third-order valence-electron chi connectivity index (χ3n) is 2.88. The molecule has 0 spiro atoms. The molecular formula is C13H12BrClFNOS. The van der Waals surface area contributed by atoms with Crippen molar-refractivity contribution in [1.82, 2.24) is 0 Å². The zero-order valence-electron chi connectivity index (χ0n) is 9.82. The van der Waals surface area contributed by atoms with Crippen LogP contribution in [0.15, 0.2) is 34.1 Å². The van der Waals surface area contributed by atoms with Crippen molar-refractivity contribution in [3.63, 3.8) is 0 Å². The van der Waals surface area contributed by atoms with Gasteiger partial charge in [-0.05, 0) is 45.8 Å². The van der Waals surface area contributed by atoms with E-state index >= 15 is 0 Å². The minimum Gasteiger partial charge on any atom is -0.387 e. The first-order valence-corrected chi connectivity index (χ1v) is 7.60. The largest absolute Gasteiger partial charge is 0.387 e. The third-order valence-corrected chi connectivity index (χ3v) is 4.90. The Kier molecular flexibility index (Phi) is 4.97.